The quantitative estimate of drug-likeness (QED) is 0.305. The monoisotopic (exact) mass is 537 g/mol. The average molecular weight is 538 g/mol. The van der Waals surface area contributed by atoms with Crippen LogP contribution in [-0.2, 0) is 9.59 Å². The molecule has 2 N–H and O–H groups in total. The lowest BCUT2D eigenvalue weighted by atomic mass is 9.84. The van der Waals surface area contributed by atoms with Crippen LogP contribution in [0.3, 0.4) is 0 Å². The number of carboxylic acid groups (broad SMARTS) is 1. The molecule has 0 radical (unpaired) electrons. The van der Waals surface area contributed by atoms with E-state index in [4.69, 9.17) is 23.2 Å². The van der Waals surface area contributed by atoms with Gasteiger partial charge in [-0.05, 0) is 70.8 Å². The van der Waals surface area contributed by atoms with Crippen LogP contribution in [0.15, 0.2) is 54.6 Å². The number of aliphatic carboxylic acids is 1. The Bertz CT molecular complexity index is 1310. The van der Waals surface area contributed by atoms with Crippen molar-refractivity contribution in [2.75, 3.05) is 5.32 Å². The second kappa shape index (κ2) is 10.3. The fourth-order valence-corrected chi connectivity index (χ4v) is 4.95. The molecular weight excluding hydrogens is 514 g/mol. The molecule has 1 fully saturated rings. The normalized spacial score (nSPS) is 16.4. The molecule has 9 heteroatoms. The van der Waals surface area contributed by atoms with Crippen molar-refractivity contribution < 1.29 is 27.9 Å². The van der Waals surface area contributed by atoms with Crippen LogP contribution in [0.2, 0.25) is 10.0 Å². The molecule has 4 nitrogen and oxygen atoms in total. The van der Waals surface area contributed by atoms with Gasteiger partial charge in [0.25, 0.3) is 0 Å². The van der Waals surface area contributed by atoms with E-state index in [0.29, 0.717) is 16.0 Å². The van der Waals surface area contributed by atoms with Crippen LogP contribution in [-0.4, -0.2) is 23.2 Å². The van der Waals surface area contributed by atoms with Crippen molar-refractivity contribution in [2.45, 2.75) is 44.2 Å². The molecule has 0 saturated heterocycles. The highest BCUT2D eigenvalue weighted by Crippen LogP contribution is 2.46. The molecule has 4 rings (SSSR count). The van der Waals surface area contributed by atoms with Gasteiger partial charge in [0.2, 0.25) is 5.91 Å². The molecule has 0 unspecified atom stereocenters. The molecule has 0 aliphatic heterocycles. The van der Waals surface area contributed by atoms with E-state index >= 15 is 0 Å². The standard InChI is InChI=1S/C27H24Cl2F3NO3/c1-14(27(30,31)32)25(18-5-2-15-6-8-20(28)11-19(15)10-18)26(36)33-23-12-17(7-9-22(23)29)21(13-24(34)35)16-3-4-16/h2,5-12,14,16,21,25H,3-4,13H2,1H3,(H,33,36)(H,34,35)/t14-,21+,25-/m1/s1. The summed E-state index contributed by atoms with van der Waals surface area (Å²) in [6.07, 6.45) is -2.90. The van der Waals surface area contributed by atoms with E-state index in [9.17, 15) is 27.9 Å². The molecule has 0 spiro atoms. The number of halogens is 5. The summed E-state index contributed by atoms with van der Waals surface area (Å²) in [5.74, 6) is -5.38. The SMILES string of the molecule is C[C@H]([C@@H](C(=O)Nc1cc([C@@H](CC(=O)O)C2CC2)ccc1Cl)c1ccc2ccc(Cl)cc2c1)C(F)(F)F. The van der Waals surface area contributed by atoms with E-state index in [0.717, 1.165) is 25.2 Å². The van der Waals surface area contributed by atoms with Gasteiger partial charge in [-0.25, -0.2) is 0 Å². The third-order valence-corrected chi connectivity index (χ3v) is 7.31. The molecule has 36 heavy (non-hydrogen) atoms. The Morgan fingerprint density at radius 2 is 1.67 bits per heavy atom. The first-order valence-electron chi connectivity index (χ1n) is 11.5. The minimum absolute atomic E-state index is 0.0763. The van der Waals surface area contributed by atoms with Gasteiger partial charge in [-0.3, -0.25) is 9.59 Å². The van der Waals surface area contributed by atoms with Crippen molar-refractivity contribution in [3.8, 4) is 0 Å². The Kier molecular flexibility index (Phi) is 7.53. The first kappa shape index (κ1) is 26.3. The Morgan fingerprint density at radius 3 is 2.31 bits per heavy atom. The van der Waals surface area contributed by atoms with Crippen molar-refractivity contribution in [1.82, 2.24) is 0 Å². The zero-order chi connectivity index (χ0) is 26.2. The number of benzene rings is 3. The zero-order valence-corrected chi connectivity index (χ0v) is 20.8. The van der Waals surface area contributed by atoms with Crippen LogP contribution in [0.25, 0.3) is 10.8 Å². The molecule has 190 valence electrons. The van der Waals surface area contributed by atoms with Gasteiger partial charge in [0, 0.05) is 5.02 Å². The van der Waals surface area contributed by atoms with E-state index < -0.39 is 29.9 Å². The summed E-state index contributed by atoms with van der Waals surface area (Å²) in [6.45, 7) is 0.973. The Balaban J connectivity index is 1.69. The highest BCUT2D eigenvalue weighted by molar-refractivity contribution is 6.33. The van der Waals surface area contributed by atoms with Crippen LogP contribution >= 0.6 is 23.2 Å². The first-order chi connectivity index (χ1) is 16.9. The molecule has 1 aliphatic rings. The van der Waals surface area contributed by atoms with E-state index in [2.05, 4.69) is 5.32 Å². The second-order valence-electron chi connectivity index (χ2n) is 9.33. The number of nitrogens with one attached hydrogen (secondary N) is 1. The van der Waals surface area contributed by atoms with Gasteiger partial charge < -0.3 is 10.4 Å². The lowest BCUT2D eigenvalue weighted by Gasteiger charge is -2.26. The number of alkyl halides is 3. The molecule has 1 aliphatic carbocycles. The summed E-state index contributed by atoms with van der Waals surface area (Å²) in [7, 11) is 0. The fraction of sp³-hybridized carbons (Fsp3) is 0.333. The van der Waals surface area contributed by atoms with E-state index in [-0.39, 0.29) is 34.5 Å². The smallest absolute Gasteiger partial charge is 0.392 e. The zero-order valence-electron chi connectivity index (χ0n) is 19.3. The van der Waals surface area contributed by atoms with Crippen molar-refractivity contribution >= 4 is 51.5 Å². The first-order valence-corrected chi connectivity index (χ1v) is 12.3. The molecule has 0 bridgehead atoms. The van der Waals surface area contributed by atoms with Gasteiger partial charge in [0.1, 0.15) is 0 Å². The minimum atomic E-state index is -4.63. The van der Waals surface area contributed by atoms with E-state index in [1.54, 1.807) is 42.5 Å². The maximum Gasteiger partial charge on any atom is 0.392 e. The molecule has 0 aromatic heterocycles. The summed E-state index contributed by atoms with van der Waals surface area (Å²) >= 11 is 12.4. The second-order valence-corrected chi connectivity index (χ2v) is 10.2. The lowest BCUT2D eigenvalue weighted by Crippen LogP contribution is -2.34. The maximum absolute atomic E-state index is 13.8. The summed E-state index contributed by atoms with van der Waals surface area (Å²) in [6, 6.07) is 14.6. The topological polar surface area (TPSA) is 66.4 Å². The van der Waals surface area contributed by atoms with Crippen LogP contribution in [0.1, 0.15) is 49.1 Å². The largest absolute Gasteiger partial charge is 0.481 e. The van der Waals surface area contributed by atoms with Crippen LogP contribution in [0, 0.1) is 11.8 Å². The number of hydrogen-bond donors (Lipinski definition) is 2. The maximum atomic E-state index is 13.8. The molecule has 3 atom stereocenters. The lowest BCUT2D eigenvalue weighted by molar-refractivity contribution is -0.178. The average Bonchev–Trinajstić information content (AvgIpc) is 3.63. The van der Waals surface area contributed by atoms with Gasteiger partial charge in [-0.15, -0.1) is 0 Å². The highest BCUT2D eigenvalue weighted by Gasteiger charge is 2.45. The van der Waals surface area contributed by atoms with Crippen LogP contribution in [0.5, 0.6) is 0 Å². The van der Waals surface area contributed by atoms with Crippen molar-refractivity contribution in [3.05, 3.63) is 75.8 Å². The summed E-state index contributed by atoms with van der Waals surface area (Å²) < 4.78 is 41.5. The molecule has 3 aromatic rings. The number of carboxylic acids is 1. The van der Waals surface area contributed by atoms with E-state index in [1.807, 2.05) is 0 Å². The molecular formula is C27H24Cl2F3NO3. The number of hydrogen-bond acceptors (Lipinski definition) is 2. The number of anilines is 1. The number of fused-ring (bicyclic) bond motifs is 1. The van der Waals surface area contributed by atoms with Crippen molar-refractivity contribution in [2.24, 2.45) is 11.8 Å². The predicted octanol–water partition coefficient (Wildman–Crippen LogP) is 8.04. The Hall–Kier alpha value is -2.77. The van der Waals surface area contributed by atoms with Gasteiger partial charge in [0.05, 0.1) is 29.0 Å². The minimum Gasteiger partial charge on any atom is -0.481 e. The molecule has 0 heterocycles. The molecule has 3 aromatic carbocycles. The van der Waals surface area contributed by atoms with Gasteiger partial charge in [-0.1, -0.05) is 60.5 Å². The summed E-state index contributed by atoms with van der Waals surface area (Å²) in [5.41, 5.74) is 1.03. The van der Waals surface area contributed by atoms with Crippen molar-refractivity contribution in [1.29, 1.82) is 0 Å². The predicted molar refractivity (Wildman–Crippen MR) is 135 cm³/mol. The van der Waals surface area contributed by atoms with Gasteiger partial charge in [0.15, 0.2) is 0 Å². The Morgan fingerprint density at radius 1 is 1.00 bits per heavy atom. The Labute approximate surface area is 216 Å². The fourth-order valence-electron chi connectivity index (χ4n) is 4.61. The number of carbonyl (C=O) groups excluding carboxylic acids is 1. The van der Waals surface area contributed by atoms with Crippen molar-refractivity contribution in [3.63, 3.8) is 0 Å². The third-order valence-electron chi connectivity index (χ3n) is 6.75. The van der Waals surface area contributed by atoms with E-state index in [1.165, 1.54) is 12.1 Å². The van der Waals surface area contributed by atoms with Crippen LogP contribution < -0.4 is 5.32 Å². The number of carbonyl (C=O) groups is 2. The number of amides is 1. The van der Waals surface area contributed by atoms with Gasteiger partial charge in [-0.2, -0.15) is 13.2 Å². The highest BCUT2D eigenvalue weighted by atomic mass is 35.5. The summed E-state index contributed by atoms with van der Waals surface area (Å²) in [4.78, 5) is 24.7. The third kappa shape index (κ3) is 5.95. The van der Waals surface area contributed by atoms with Gasteiger partial charge >= 0.3 is 12.1 Å². The molecule has 1 amide bonds. The molecule has 1 saturated carbocycles. The summed E-state index contributed by atoms with van der Waals surface area (Å²) in [5, 5.41) is 13.9. The van der Waals surface area contributed by atoms with Crippen LogP contribution in [0.4, 0.5) is 18.9 Å². The number of rotatable bonds is 8.